The van der Waals surface area contributed by atoms with Gasteiger partial charge in [-0.2, -0.15) is 4.98 Å². The van der Waals surface area contributed by atoms with E-state index in [0.717, 1.165) is 11.8 Å². The van der Waals surface area contributed by atoms with E-state index in [1.54, 1.807) is 24.4 Å². The molecule has 0 saturated carbocycles. The third kappa shape index (κ3) is 6.81. The molecule has 176 valence electrons. The number of hydrogen-bond acceptors (Lipinski definition) is 10. The smallest absolute Gasteiger partial charge is 0.229 e. The van der Waals surface area contributed by atoms with E-state index in [4.69, 9.17) is 26.2 Å². The maximum Gasteiger partial charge on any atom is 0.229 e. The number of methoxy groups -OCH3 is 1. The topological polar surface area (TPSA) is 148 Å². The fraction of sp³-hybridized carbons (Fsp3) is 0.250. The molecular formula is C20H23ClN6O5S. The molecule has 0 aliphatic rings. The van der Waals surface area contributed by atoms with Crippen molar-refractivity contribution >= 4 is 50.5 Å². The number of nitrogens with zero attached hydrogens (tertiary/aromatic N) is 3. The first-order chi connectivity index (χ1) is 15.7. The van der Waals surface area contributed by atoms with Crippen molar-refractivity contribution in [2.75, 3.05) is 41.9 Å². The molecule has 0 saturated heterocycles. The Kier molecular flexibility index (Phi) is 7.74. The summed E-state index contributed by atoms with van der Waals surface area (Å²) in [5.41, 5.74) is 2.14. The summed E-state index contributed by atoms with van der Waals surface area (Å²) in [5, 5.41) is 15.2. The quantitative estimate of drug-likeness (QED) is 0.331. The summed E-state index contributed by atoms with van der Waals surface area (Å²) in [5.74, 6) is 1.35. The fourth-order valence-electron chi connectivity index (χ4n) is 2.70. The average molecular weight is 495 g/mol. The van der Waals surface area contributed by atoms with Gasteiger partial charge in [-0.1, -0.05) is 11.6 Å². The molecule has 13 heteroatoms. The third-order valence-electron chi connectivity index (χ3n) is 4.19. The van der Waals surface area contributed by atoms with E-state index < -0.39 is 10.0 Å². The van der Waals surface area contributed by atoms with Crippen LogP contribution >= 0.6 is 11.6 Å². The third-order valence-corrected chi connectivity index (χ3v) is 5.06. The summed E-state index contributed by atoms with van der Waals surface area (Å²) in [6, 6.07) is 6.55. The van der Waals surface area contributed by atoms with Crippen molar-refractivity contribution in [3.8, 4) is 11.6 Å². The minimum atomic E-state index is -3.54. The summed E-state index contributed by atoms with van der Waals surface area (Å²) in [4.78, 5) is 12.7. The Labute approximate surface area is 196 Å². The van der Waals surface area contributed by atoms with Crippen molar-refractivity contribution in [3.05, 3.63) is 47.2 Å². The van der Waals surface area contributed by atoms with E-state index in [1.165, 1.54) is 19.4 Å². The summed E-state index contributed by atoms with van der Waals surface area (Å²) in [6.07, 6.45) is 4.02. The lowest BCUT2D eigenvalue weighted by molar-refractivity contribution is 0.196. The second-order valence-electron chi connectivity index (χ2n) is 6.84. The van der Waals surface area contributed by atoms with Gasteiger partial charge in [0.15, 0.2) is 5.82 Å². The maximum atomic E-state index is 11.8. The molecule has 0 unspecified atom stereocenters. The first-order valence-electron chi connectivity index (χ1n) is 9.61. The normalized spacial score (nSPS) is 11.1. The number of ether oxygens (including phenoxy) is 2. The fourth-order valence-corrected chi connectivity index (χ4v) is 3.40. The predicted octanol–water partition coefficient (Wildman–Crippen LogP) is 3.07. The van der Waals surface area contributed by atoms with Crippen LogP contribution in [-0.4, -0.2) is 55.1 Å². The lowest BCUT2D eigenvalue weighted by Gasteiger charge is -2.15. The van der Waals surface area contributed by atoms with Gasteiger partial charge in [-0.15, -0.1) is 0 Å². The zero-order chi connectivity index (χ0) is 24.0. The predicted molar refractivity (Wildman–Crippen MR) is 127 cm³/mol. The number of hydrogen-bond donors (Lipinski definition) is 4. The van der Waals surface area contributed by atoms with Gasteiger partial charge in [0, 0.05) is 12.1 Å². The second-order valence-corrected chi connectivity index (χ2v) is 8.99. The van der Waals surface area contributed by atoms with Gasteiger partial charge in [-0.05, 0) is 24.6 Å². The van der Waals surface area contributed by atoms with Crippen molar-refractivity contribution < 1.29 is 23.0 Å². The Morgan fingerprint density at radius 1 is 1.09 bits per heavy atom. The van der Waals surface area contributed by atoms with Gasteiger partial charge in [-0.25, -0.2) is 18.4 Å². The molecule has 4 N–H and O–H groups in total. The van der Waals surface area contributed by atoms with Crippen LogP contribution < -0.4 is 24.8 Å². The van der Waals surface area contributed by atoms with Crippen molar-refractivity contribution in [1.82, 2.24) is 15.0 Å². The van der Waals surface area contributed by atoms with Crippen molar-refractivity contribution in [2.45, 2.75) is 6.92 Å². The monoisotopic (exact) mass is 494 g/mol. The summed E-state index contributed by atoms with van der Waals surface area (Å²) >= 11 is 6.27. The molecule has 33 heavy (non-hydrogen) atoms. The number of rotatable bonds is 10. The van der Waals surface area contributed by atoms with Crippen LogP contribution in [0.3, 0.4) is 0 Å². The van der Waals surface area contributed by atoms with Crippen LogP contribution in [0.4, 0.5) is 28.8 Å². The zero-order valence-electron chi connectivity index (χ0n) is 18.1. The van der Waals surface area contributed by atoms with Gasteiger partial charge >= 0.3 is 0 Å². The highest BCUT2D eigenvalue weighted by molar-refractivity contribution is 7.92. The van der Waals surface area contributed by atoms with Crippen LogP contribution in [0.1, 0.15) is 5.56 Å². The van der Waals surface area contributed by atoms with Crippen LogP contribution in [0, 0.1) is 6.92 Å². The molecule has 0 atom stereocenters. The molecule has 0 aliphatic heterocycles. The molecule has 0 amide bonds. The minimum Gasteiger partial charge on any atom is -0.497 e. The number of nitrogens with one attached hydrogen (secondary N) is 3. The van der Waals surface area contributed by atoms with E-state index in [2.05, 4.69) is 30.3 Å². The van der Waals surface area contributed by atoms with E-state index in [0.29, 0.717) is 23.0 Å². The number of halogens is 1. The summed E-state index contributed by atoms with van der Waals surface area (Å²) in [6.45, 7) is 1.90. The Balaban J connectivity index is 1.86. The lowest BCUT2D eigenvalue weighted by Crippen LogP contribution is -2.11. The SMILES string of the molecule is COc1ccc(Nc2nc(Nc3cnc(OCCO)cc3C)ncc2Cl)c(NS(C)(=O)=O)c1. The molecule has 0 bridgehead atoms. The van der Waals surface area contributed by atoms with Gasteiger partial charge in [-0.3, -0.25) is 4.72 Å². The number of benzene rings is 1. The first kappa shape index (κ1) is 24.3. The van der Waals surface area contributed by atoms with E-state index >= 15 is 0 Å². The zero-order valence-corrected chi connectivity index (χ0v) is 19.7. The Morgan fingerprint density at radius 3 is 2.55 bits per heavy atom. The van der Waals surface area contributed by atoms with Crippen molar-refractivity contribution in [3.63, 3.8) is 0 Å². The molecule has 0 fully saturated rings. The highest BCUT2D eigenvalue weighted by atomic mass is 35.5. The molecule has 0 aliphatic carbocycles. The van der Waals surface area contributed by atoms with Crippen LogP contribution in [0.25, 0.3) is 0 Å². The number of sulfonamides is 1. The van der Waals surface area contributed by atoms with E-state index in [1.807, 2.05) is 6.92 Å². The largest absolute Gasteiger partial charge is 0.497 e. The van der Waals surface area contributed by atoms with E-state index in [9.17, 15) is 8.42 Å². The Morgan fingerprint density at radius 2 is 1.88 bits per heavy atom. The summed E-state index contributed by atoms with van der Waals surface area (Å²) in [7, 11) is -2.06. The lowest BCUT2D eigenvalue weighted by atomic mass is 10.2. The van der Waals surface area contributed by atoms with Crippen LogP contribution in [0.15, 0.2) is 36.7 Å². The summed E-state index contributed by atoms with van der Waals surface area (Å²) < 4.78 is 36.5. The number of pyridine rings is 1. The van der Waals surface area contributed by atoms with Crippen LogP contribution in [-0.2, 0) is 10.0 Å². The molecule has 2 heterocycles. The second kappa shape index (κ2) is 10.5. The van der Waals surface area contributed by atoms with Gasteiger partial charge in [0.1, 0.15) is 17.4 Å². The van der Waals surface area contributed by atoms with Gasteiger partial charge in [0.05, 0.1) is 49.4 Å². The Hall–Kier alpha value is -3.35. The molecule has 0 radical (unpaired) electrons. The number of anilines is 5. The number of aliphatic hydroxyl groups is 1. The molecule has 0 spiro atoms. The van der Waals surface area contributed by atoms with Gasteiger partial charge in [0.2, 0.25) is 21.9 Å². The molecular weight excluding hydrogens is 472 g/mol. The van der Waals surface area contributed by atoms with Crippen LogP contribution in [0.5, 0.6) is 11.6 Å². The molecule has 3 rings (SSSR count). The highest BCUT2D eigenvalue weighted by Crippen LogP contribution is 2.32. The van der Waals surface area contributed by atoms with E-state index in [-0.39, 0.29) is 35.7 Å². The van der Waals surface area contributed by atoms with Crippen molar-refractivity contribution in [1.29, 1.82) is 0 Å². The van der Waals surface area contributed by atoms with Crippen LogP contribution in [0.2, 0.25) is 5.02 Å². The molecule has 2 aromatic heterocycles. The molecule has 3 aromatic rings. The molecule has 11 nitrogen and oxygen atoms in total. The number of aryl methyl sites for hydroxylation is 1. The van der Waals surface area contributed by atoms with Crippen molar-refractivity contribution in [2.24, 2.45) is 0 Å². The number of aliphatic hydroxyl groups excluding tert-OH is 1. The van der Waals surface area contributed by atoms with Gasteiger partial charge in [0.25, 0.3) is 0 Å². The highest BCUT2D eigenvalue weighted by Gasteiger charge is 2.13. The minimum absolute atomic E-state index is 0.106. The Bertz CT molecular complexity index is 1240. The number of aromatic nitrogens is 3. The molecule has 1 aromatic carbocycles. The van der Waals surface area contributed by atoms with Gasteiger partial charge < -0.3 is 25.2 Å². The standard InChI is InChI=1S/C20H23ClN6O5S/c1-12-8-18(32-7-6-28)22-11-17(12)25-20-23-10-14(21)19(26-20)24-15-5-4-13(31-2)9-16(15)27-33(3,29)30/h4-5,8-11,27-28H,6-7H2,1-3H3,(H2,23,24,25,26). The average Bonchev–Trinajstić information content (AvgIpc) is 2.76. The first-order valence-corrected chi connectivity index (χ1v) is 11.9. The maximum absolute atomic E-state index is 11.8.